The number of rotatable bonds is 11. The first-order chi connectivity index (χ1) is 19.4. The molecule has 1 atom stereocenters. The van der Waals surface area contributed by atoms with Gasteiger partial charge in [-0.3, -0.25) is 0 Å². The fourth-order valence-corrected chi connectivity index (χ4v) is 5.71. The van der Waals surface area contributed by atoms with E-state index in [1.165, 1.54) is 63.8 Å². The fraction of sp³-hybridized carbons (Fsp3) is 0.425. The van der Waals surface area contributed by atoms with E-state index in [4.69, 9.17) is 0 Å². The molecule has 0 aliphatic heterocycles. The summed E-state index contributed by atoms with van der Waals surface area (Å²) in [5, 5.41) is 0. The molecule has 2 rings (SSSR count). The molecule has 220 valence electrons. The second kappa shape index (κ2) is 16.3. The Morgan fingerprint density at radius 2 is 1.00 bits per heavy atom. The highest BCUT2D eigenvalue weighted by Crippen LogP contribution is 2.41. The highest BCUT2D eigenvalue weighted by Gasteiger charge is 2.31. The minimum Gasteiger partial charge on any atom is -0.302 e. The molecular formula is C40H54O. The molecule has 0 saturated heterocycles. The van der Waals surface area contributed by atoms with E-state index in [9.17, 15) is 4.79 Å². The topological polar surface area (TPSA) is 17.1 Å². The van der Waals surface area contributed by atoms with Crippen LogP contribution in [0.4, 0.5) is 0 Å². The molecule has 0 aromatic rings. The minimum absolute atomic E-state index is 0.281. The number of hydrogen-bond donors (Lipinski definition) is 0. The van der Waals surface area contributed by atoms with Crippen LogP contribution >= 0.6 is 0 Å². The number of allylic oxidation sites excluding steroid dienone is 22. The Labute approximate surface area is 252 Å². The molecule has 0 saturated carbocycles. The zero-order valence-corrected chi connectivity index (χ0v) is 27.3. The van der Waals surface area contributed by atoms with Crippen molar-refractivity contribution in [3.05, 3.63) is 130 Å². The Morgan fingerprint density at radius 3 is 1.49 bits per heavy atom. The maximum atomic E-state index is 11.7. The summed E-state index contributed by atoms with van der Waals surface area (Å²) >= 11 is 0. The molecule has 0 aromatic carbocycles. The predicted molar refractivity (Wildman–Crippen MR) is 182 cm³/mol. The van der Waals surface area contributed by atoms with E-state index < -0.39 is 0 Å². The van der Waals surface area contributed by atoms with Crippen molar-refractivity contribution in [3.63, 3.8) is 0 Å². The molecule has 2 aliphatic rings. The van der Waals surface area contributed by atoms with Crippen LogP contribution in [0.25, 0.3) is 0 Å². The average Bonchev–Trinajstić information content (AvgIpc) is 2.90. The second-order valence-electron chi connectivity index (χ2n) is 12.9. The lowest BCUT2D eigenvalue weighted by Gasteiger charge is -2.32. The summed E-state index contributed by atoms with van der Waals surface area (Å²) in [5.41, 5.74) is 10.3. The molecule has 0 N–H and O–H groups in total. The van der Waals surface area contributed by atoms with Gasteiger partial charge in [0.15, 0.2) is 0 Å². The van der Waals surface area contributed by atoms with Crippen LogP contribution in [0.5, 0.6) is 0 Å². The van der Waals surface area contributed by atoms with Gasteiger partial charge in [0.2, 0.25) is 0 Å². The van der Waals surface area contributed by atoms with E-state index >= 15 is 0 Å². The largest absolute Gasteiger partial charge is 0.302 e. The van der Waals surface area contributed by atoms with Gasteiger partial charge >= 0.3 is 0 Å². The summed E-state index contributed by atoms with van der Waals surface area (Å²) in [6.45, 7) is 19.7. The van der Waals surface area contributed by atoms with Gasteiger partial charge in [0.1, 0.15) is 6.29 Å². The van der Waals surface area contributed by atoms with E-state index in [-0.39, 0.29) is 10.8 Å². The molecule has 2 aliphatic carbocycles. The summed E-state index contributed by atoms with van der Waals surface area (Å²) in [5.74, 6) is 0. The van der Waals surface area contributed by atoms with Crippen LogP contribution in [0.15, 0.2) is 130 Å². The third-order valence-electron chi connectivity index (χ3n) is 8.42. The predicted octanol–water partition coefficient (Wildman–Crippen LogP) is 11.8. The van der Waals surface area contributed by atoms with Gasteiger partial charge in [-0.15, -0.1) is 0 Å². The molecule has 0 spiro atoms. The minimum atomic E-state index is -0.348. The van der Waals surface area contributed by atoms with E-state index in [1.54, 1.807) is 0 Å². The molecule has 0 heterocycles. The van der Waals surface area contributed by atoms with Gasteiger partial charge in [0, 0.05) is 5.41 Å². The van der Waals surface area contributed by atoms with Gasteiger partial charge in [-0.2, -0.15) is 0 Å². The first kappa shape index (κ1) is 34.0. The summed E-state index contributed by atoms with van der Waals surface area (Å²) in [4.78, 5) is 11.7. The summed E-state index contributed by atoms with van der Waals surface area (Å²) in [6.07, 6.45) is 38.1. The van der Waals surface area contributed by atoms with Gasteiger partial charge in [-0.05, 0) is 104 Å². The van der Waals surface area contributed by atoms with Gasteiger partial charge in [0.05, 0.1) is 0 Å². The molecule has 1 nitrogen and oxygen atoms in total. The zero-order valence-electron chi connectivity index (χ0n) is 27.3. The molecule has 0 fully saturated rings. The van der Waals surface area contributed by atoms with E-state index in [2.05, 4.69) is 147 Å². The average molecular weight is 551 g/mol. The Hall–Kier alpha value is -3.19. The van der Waals surface area contributed by atoms with E-state index in [0.717, 1.165) is 25.5 Å². The maximum absolute atomic E-state index is 11.7. The van der Waals surface area contributed by atoms with Crippen molar-refractivity contribution in [3.8, 4) is 0 Å². The Bertz CT molecular complexity index is 1270. The Balaban J connectivity index is 1.90. The van der Waals surface area contributed by atoms with Crippen LogP contribution in [-0.4, -0.2) is 6.29 Å². The monoisotopic (exact) mass is 550 g/mol. The normalized spacial score (nSPS) is 23.9. The molecule has 0 aromatic heterocycles. The number of aldehydes is 1. The molecular weight excluding hydrogens is 496 g/mol. The molecule has 41 heavy (non-hydrogen) atoms. The quantitative estimate of drug-likeness (QED) is 0.185. The van der Waals surface area contributed by atoms with Crippen molar-refractivity contribution in [2.75, 3.05) is 0 Å². The van der Waals surface area contributed by atoms with Crippen molar-refractivity contribution in [2.24, 2.45) is 10.8 Å². The van der Waals surface area contributed by atoms with Crippen LogP contribution in [0.3, 0.4) is 0 Å². The number of carbonyl (C=O) groups excluding carboxylic acids is 1. The second-order valence-corrected chi connectivity index (χ2v) is 12.9. The van der Waals surface area contributed by atoms with Gasteiger partial charge in [-0.25, -0.2) is 0 Å². The van der Waals surface area contributed by atoms with E-state index in [0.29, 0.717) is 0 Å². The van der Waals surface area contributed by atoms with Crippen molar-refractivity contribution in [1.29, 1.82) is 0 Å². The Kier molecular flexibility index (Phi) is 13.5. The van der Waals surface area contributed by atoms with E-state index in [1.807, 2.05) is 0 Å². The summed E-state index contributed by atoms with van der Waals surface area (Å²) in [7, 11) is 0. The van der Waals surface area contributed by atoms with Gasteiger partial charge in [-0.1, -0.05) is 132 Å². The van der Waals surface area contributed by atoms with Crippen molar-refractivity contribution >= 4 is 6.29 Å². The van der Waals surface area contributed by atoms with Crippen molar-refractivity contribution < 1.29 is 4.79 Å². The molecule has 0 bridgehead atoms. The lowest BCUT2D eigenvalue weighted by atomic mass is 9.72. The highest BCUT2D eigenvalue weighted by atomic mass is 16.1. The molecule has 0 unspecified atom stereocenters. The Morgan fingerprint density at radius 1 is 0.585 bits per heavy atom. The highest BCUT2D eigenvalue weighted by molar-refractivity contribution is 5.67. The van der Waals surface area contributed by atoms with Crippen molar-refractivity contribution in [2.45, 2.75) is 101 Å². The standard InChI is InChI=1S/C40H54O/c1-31(18-12-20-33(3)24-26-37-35(5)22-14-28-39(37,7)8)16-10-11-17-32(2)19-13-21-34(4)25-27-38-36(6)23-15-29-40(38,9)30-41/h10-13,16-21,24-27,30H,14-15,22-23,28-29H2,1-9H3/b11-10+,18-12+,19-13+,26-24+,27-25+,31-16+,32-17+,33-20+,34-21+/t40-/m1/s1. The number of hydrogen-bond acceptors (Lipinski definition) is 1. The van der Waals surface area contributed by atoms with Gasteiger partial charge in [0.25, 0.3) is 0 Å². The van der Waals surface area contributed by atoms with Crippen LogP contribution in [0, 0.1) is 10.8 Å². The molecule has 1 heteroatoms. The first-order valence-corrected chi connectivity index (χ1v) is 15.3. The fourth-order valence-electron chi connectivity index (χ4n) is 5.71. The lowest BCUT2D eigenvalue weighted by molar-refractivity contribution is -0.114. The van der Waals surface area contributed by atoms with Crippen LogP contribution in [-0.2, 0) is 4.79 Å². The SMILES string of the molecule is CC1=C(/C=C/C(C)=C/C=C/C(C)=C/C=C/C=C(C)/C=C/C=C(C)/C=C/C2=C(C)CCC[C@]2(C)C=O)C(C)(C)CCC1. The zero-order chi connectivity index (χ0) is 30.5. The van der Waals surface area contributed by atoms with Crippen LogP contribution in [0.1, 0.15) is 101 Å². The molecule has 0 radical (unpaired) electrons. The number of carbonyl (C=O) groups is 1. The lowest BCUT2D eigenvalue weighted by Crippen LogP contribution is -2.24. The summed E-state index contributed by atoms with van der Waals surface area (Å²) in [6, 6.07) is 0. The van der Waals surface area contributed by atoms with Crippen molar-refractivity contribution in [1.82, 2.24) is 0 Å². The van der Waals surface area contributed by atoms with Crippen LogP contribution < -0.4 is 0 Å². The first-order valence-electron chi connectivity index (χ1n) is 15.3. The maximum Gasteiger partial charge on any atom is 0.130 e. The van der Waals surface area contributed by atoms with Crippen LogP contribution in [0.2, 0.25) is 0 Å². The third-order valence-corrected chi connectivity index (χ3v) is 8.42. The summed E-state index contributed by atoms with van der Waals surface area (Å²) < 4.78 is 0. The van der Waals surface area contributed by atoms with Gasteiger partial charge < -0.3 is 4.79 Å². The smallest absolute Gasteiger partial charge is 0.130 e. The molecule has 0 amide bonds. The third kappa shape index (κ3) is 11.3.